The van der Waals surface area contributed by atoms with Gasteiger partial charge in [0.05, 0.1) is 24.7 Å². The molecule has 5 nitrogen and oxygen atoms in total. The maximum absolute atomic E-state index is 6.14. The molecule has 2 fully saturated rings. The fourth-order valence-electron chi connectivity index (χ4n) is 3.10. The van der Waals surface area contributed by atoms with Crippen LogP contribution in [0.1, 0.15) is 18.2 Å². The van der Waals surface area contributed by atoms with Crippen molar-refractivity contribution < 1.29 is 4.74 Å². The van der Waals surface area contributed by atoms with Gasteiger partial charge in [-0.1, -0.05) is 0 Å². The molecule has 0 radical (unpaired) electrons. The van der Waals surface area contributed by atoms with Gasteiger partial charge in [0.1, 0.15) is 5.60 Å². The number of hydrogen-bond donors (Lipinski definition) is 1. The summed E-state index contributed by atoms with van der Waals surface area (Å²) in [6, 6.07) is 0.258. The van der Waals surface area contributed by atoms with Crippen LogP contribution >= 0.6 is 0 Å². The fourth-order valence-corrected chi connectivity index (χ4v) is 3.10. The first kappa shape index (κ1) is 11.2. The van der Waals surface area contributed by atoms with Crippen molar-refractivity contribution in [1.82, 2.24) is 19.8 Å². The molecule has 2 aliphatic heterocycles. The molecule has 3 rings (SSSR count). The lowest BCUT2D eigenvalue weighted by atomic mass is 9.89. The van der Waals surface area contributed by atoms with Gasteiger partial charge in [-0.25, -0.2) is 4.98 Å². The van der Waals surface area contributed by atoms with E-state index in [2.05, 4.69) is 26.8 Å². The van der Waals surface area contributed by atoms with Crippen LogP contribution in [-0.2, 0) is 11.8 Å². The molecule has 0 bridgehead atoms. The van der Waals surface area contributed by atoms with E-state index in [1.807, 2.05) is 19.6 Å². The average Bonchev–Trinajstić information content (AvgIpc) is 2.88. The van der Waals surface area contributed by atoms with Gasteiger partial charge in [-0.15, -0.1) is 0 Å². The van der Waals surface area contributed by atoms with Gasteiger partial charge in [-0.05, 0) is 13.5 Å². The molecule has 5 heteroatoms. The zero-order valence-corrected chi connectivity index (χ0v) is 10.5. The number of aryl methyl sites for hydroxylation is 1. The molecule has 2 aliphatic rings. The van der Waals surface area contributed by atoms with E-state index in [4.69, 9.17) is 4.74 Å². The summed E-state index contributed by atoms with van der Waals surface area (Å²) in [7, 11) is 4.21. The van der Waals surface area contributed by atoms with Crippen molar-refractivity contribution in [2.45, 2.75) is 18.1 Å². The van der Waals surface area contributed by atoms with E-state index in [9.17, 15) is 0 Å². The van der Waals surface area contributed by atoms with Gasteiger partial charge >= 0.3 is 0 Å². The van der Waals surface area contributed by atoms with Crippen LogP contribution in [-0.4, -0.2) is 53.3 Å². The fraction of sp³-hybridized carbons (Fsp3) is 0.750. The predicted octanol–water partition coefficient (Wildman–Crippen LogP) is 0.155. The molecule has 17 heavy (non-hydrogen) atoms. The van der Waals surface area contributed by atoms with Crippen LogP contribution < -0.4 is 5.32 Å². The van der Waals surface area contributed by atoms with Crippen molar-refractivity contribution >= 4 is 0 Å². The summed E-state index contributed by atoms with van der Waals surface area (Å²) in [5.41, 5.74) is 1.15. The Morgan fingerprint density at radius 2 is 2.41 bits per heavy atom. The molecule has 0 aromatic carbocycles. The van der Waals surface area contributed by atoms with Crippen LogP contribution in [0, 0.1) is 0 Å². The number of likely N-dealkylation sites (tertiary alicyclic amines) is 1. The van der Waals surface area contributed by atoms with E-state index in [-0.39, 0.29) is 11.6 Å². The third-order valence-corrected chi connectivity index (χ3v) is 3.97. The Hall–Kier alpha value is -0.910. The molecular formula is C12H20N4O. The summed E-state index contributed by atoms with van der Waals surface area (Å²) in [6.07, 6.45) is 4.90. The molecule has 1 spiro atoms. The van der Waals surface area contributed by atoms with Crippen molar-refractivity contribution in [2.75, 3.05) is 33.3 Å². The van der Waals surface area contributed by atoms with E-state index in [0.29, 0.717) is 0 Å². The van der Waals surface area contributed by atoms with E-state index in [0.717, 1.165) is 32.7 Å². The second-order valence-electron chi connectivity index (χ2n) is 5.22. The van der Waals surface area contributed by atoms with Crippen LogP contribution in [0.15, 0.2) is 12.5 Å². The van der Waals surface area contributed by atoms with Gasteiger partial charge in [0.25, 0.3) is 0 Å². The molecule has 94 valence electrons. The number of likely N-dealkylation sites (N-methyl/N-ethyl adjacent to an activating group) is 1. The standard InChI is InChI=1S/C12H20N4O/c1-15-5-3-12(8-15)11(14-4-6-17-12)10-7-13-9-16(10)2/h7,9,11,14H,3-6,8H2,1-2H3. The smallest absolute Gasteiger partial charge is 0.103 e. The molecule has 1 aromatic rings. The molecule has 2 unspecified atom stereocenters. The van der Waals surface area contributed by atoms with Crippen LogP contribution in [0.4, 0.5) is 0 Å². The van der Waals surface area contributed by atoms with Gasteiger partial charge in [0, 0.05) is 32.9 Å². The number of nitrogens with one attached hydrogen (secondary N) is 1. The second-order valence-corrected chi connectivity index (χ2v) is 5.22. The maximum atomic E-state index is 6.14. The Balaban J connectivity index is 1.93. The minimum Gasteiger partial charge on any atom is -0.370 e. The molecule has 3 heterocycles. The molecule has 2 saturated heterocycles. The maximum Gasteiger partial charge on any atom is 0.103 e. The quantitative estimate of drug-likeness (QED) is 0.754. The van der Waals surface area contributed by atoms with Crippen LogP contribution in [0.25, 0.3) is 0 Å². The van der Waals surface area contributed by atoms with Crippen molar-refractivity contribution in [2.24, 2.45) is 7.05 Å². The number of rotatable bonds is 1. The summed E-state index contributed by atoms with van der Waals surface area (Å²) >= 11 is 0. The normalized spacial score (nSPS) is 34.6. The highest BCUT2D eigenvalue weighted by molar-refractivity contribution is 5.16. The lowest BCUT2D eigenvalue weighted by molar-refractivity contribution is -0.0905. The first-order chi connectivity index (χ1) is 8.21. The highest BCUT2D eigenvalue weighted by Crippen LogP contribution is 2.38. The number of morpholine rings is 1. The minimum absolute atomic E-state index is 0.0687. The summed E-state index contributed by atoms with van der Waals surface area (Å²) in [5.74, 6) is 0. The predicted molar refractivity (Wildman–Crippen MR) is 64.7 cm³/mol. The van der Waals surface area contributed by atoms with Gasteiger partial charge in [0.15, 0.2) is 0 Å². The first-order valence-electron chi connectivity index (χ1n) is 6.23. The third kappa shape index (κ3) is 1.78. The van der Waals surface area contributed by atoms with Crippen LogP contribution in [0.2, 0.25) is 0 Å². The summed E-state index contributed by atoms with van der Waals surface area (Å²) in [4.78, 5) is 6.57. The zero-order valence-electron chi connectivity index (χ0n) is 10.5. The second kappa shape index (κ2) is 4.08. The topological polar surface area (TPSA) is 42.3 Å². The highest BCUT2D eigenvalue weighted by atomic mass is 16.5. The molecule has 1 aromatic heterocycles. The van der Waals surface area contributed by atoms with E-state index in [1.54, 1.807) is 0 Å². The SMILES string of the molecule is CN1CCC2(C1)OCCNC2c1cncn1C. The summed E-state index contributed by atoms with van der Waals surface area (Å²) in [5, 5.41) is 3.60. The monoisotopic (exact) mass is 236 g/mol. The molecule has 1 N–H and O–H groups in total. The molecule has 0 amide bonds. The van der Waals surface area contributed by atoms with E-state index in [1.165, 1.54) is 5.69 Å². The highest BCUT2D eigenvalue weighted by Gasteiger charge is 2.47. The largest absolute Gasteiger partial charge is 0.370 e. The van der Waals surface area contributed by atoms with Crippen molar-refractivity contribution in [3.8, 4) is 0 Å². The Bertz CT molecular complexity index is 401. The Kier molecular flexibility index (Phi) is 2.69. The lowest BCUT2D eigenvalue weighted by Crippen LogP contribution is -2.54. The number of nitrogens with zero attached hydrogens (tertiary/aromatic N) is 3. The first-order valence-corrected chi connectivity index (χ1v) is 6.23. The Morgan fingerprint density at radius 1 is 1.53 bits per heavy atom. The van der Waals surface area contributed by atoms with Gasteiger partial charge in [0.2, 0.25) is 0 Å². The minimum atomic E-state index is -0.0687. The van der Waals surface area contributed by atoms with Crippen molar-refractivity contribution in [1.29, 1.82) is 0 Å². The van der Waals surface area contributed by atoms with Crippen LogP contribution in [0.5, 0.6) is 0 Å². The number of imidazole rings is 1. The summed E-state index contributed by atoms with van der Waals surface area (Å²) in [6.45, 7) is 3.83. The Labute approximate surface area is 102 Å². The number of aromatic nitrogens is 2. The van der Waals surface area contributed by atoms with Gasteiger partial charge < -0.3 is 19.5 Å². The molecule has 0 aliphatic carbocycles. The molecular weight excluding hydrogens is 216 g/mol. The molecule has 2 atom stereocenters. The van der Waals surface area contributed by atoms with Gasteiger partial charge in [-0.3, -0.25) is 0 Å². The average molecular weight is 236 g/mol. The third-order valence-electron chi connectivity index (χ3n) is 3.97. The Morgan fingerprint density at radius 3 is 3.06 bits per heavy atom. The van der Waals surface area contributed by atoms with Crippen molar-refractivity contribution in [3.63, 3.8) is 0 Å². The summed E-state index contributed by atoms with van der Waals surface area (Å²) < 4.78 is 8.23. The van der Waals surface area contributed by atoms with E-state index >= 15 is 0 Å². The number of ether oxygens (including phenoxy) is 1. The van der Waals surface area contributed by atoms with Crippen molar-refractivity contribution in [3.05, 3.63) is 18.2 Å². The molecule has 0 saturated carbocycles. The van der Waals surface area contributed by atoms with E-state index < -0.39 is 0 Å². The zero-order chi connectivity index (χ0) is 11.9. The lowest BCUT2D eigenvalue weighted by Gasteiger charge is -2.41. The van der Waals surface area contributed by atoms with Gasteiger partial charge in [-0.2, -0.15) is 0 Å². The number of hydrogen-bond acceptors (Lipinski definition) is 4. The van der Waals surface area contributed by atoms with Crippen LogP contribution in [0.3, 0.4) is 0 Å².